The molecule has 0 N–H and O–H groups in total. The molecule has 24 heavy (non-hydrogen) atoms. The van der Waals surface area contributed by atoms with E-state index in [9.17, 15) is 13.2 Å². The molecule has 0 amide bonds. The third kappa shape index (κ3) is 4.84. The van der Waals surface area contributed by atoms with Gasteiger partial charge in [0.25, 0.3) is 0 Å². The number of hydrogen-bond donors (Lipinski definition) is 0. The van der Waals surface area contributed by atoms with E-state index in [0.717, 1.165) is 12.0 Å². The standard InChI is InChI=1S/C16H20BrNO4S2/c1-12-3-5-15(6-4-12)24(20,21)18-10-13(17)9-14(18)11-23-8-7-16(19)22-2/h3-8,13-14H,9-11H2,1-2H3/b8-7-/t13?,14-/m0/s1. The van der Waals surface area contributed by atoms with E-state index < -0.39 is 16.0 Å². The van der Waals surface area contributed by atoms with Crippen LogP contribution in [-0.4, -0.2) is 49.0 Å². The first-order valence-electron chi connectivity index (χ1n) is 7.43. The molecule has 1 saturated heterocycles. The van der Waals surface area contributed by atoms with E-state index in [4.69, 9.17) is 0 Å². The number of nitrogens with zero attached hydrogens (tertiary/aromatic N) is 1. The topological polar surface area (TPSA) is 63.7 Å². The van der Waals surface area contributed by atoms with Gasteiger partial charge in [0.2, 0.25) is 10.0 Å². The van der Waals surface area contributed by atoms with Gasteiger partial charge < -0.3 is 4.74 Å². The highest BCUT2D eigenvalue weighted by Crippen LogP contribution is 2.31. The second-order valence-electron chi connectivity index (χ2n) is 5.53. The third-order valence-corrected chi connectivity index (χ3v) is 7.23. The summed E-state index contributed by atoms with van der Waals surface area (Å²) in [6.45, 7) is 2.37. The molecule has 1 aliphatic heterocycles. The maximum atomic E-state index is 12.9. The third-order valence-electron chi connectivity index (χ3n) is 3.73. The van der Waals surface area contributed by atoms with Gasteiger partial charge in [0.1, 0.15) is 0 Å². The zero-order chi connectivity index (χ0) is 17.7. The van der Waals surface area contributed by atoms with Gasteiger partial charge in [-0.3, -0.25) is 0 Å². The number of ether oxygens (including phenoxy) is 1. The maximum Gasteiger partial charge on any atom is 0.330 e. The molecule has 132 valence electrons. The molecule has 2 rings (SSSR count). The highest BCUT2D eigenvalue weighted by atomic mass is 79.9. The summed E-state index contributed by atoms with van der Waals surface area (Å²) in [5.74, 6) is 0.164. The summed E-state index contributed by atoms with van der Waals surface area (Å²) in [5.41, 5.74) is 1.02. The number of benzene rings is 1. The predicted molar refractivity (Wildman–Crippen MR) is 99.8 cm³/mol. The van der Waals surface area contributed by atoms with E-state index in [2.05, 4.69) is 20.7 Å². The molecule has 0 radical (unpaired) electrons. The van der Waals surface area contributed by atoms with Crippen molar-refractivity contribution < 1.29 is 17.9 Å². The van der Waals surface area contributed by atoms with Crippen molar-refractivity contribution >= 4 is 43.7 Å². The quantitative estimate of drug-likeness (QED) is 0.392. The minimum atomic E-state index is -3.52. The molecule has 1 aromatic carbocycles. The number of carbonyl (C=O) groups is 1. The van der Waals surface area contributed by atoms with Crippen LogP contribution in [0.25, 0.3) is 0 Å². The zero-order valence-corrected chi connectivity index (χ0v) is 16.7. The molecule has 1 fully saturated rings. The lowest BCUT2D eigenvalue weighted by Crippen LogP contribution is -2.37. The Kier molecular flexibility index (Phi) is 6.91. The Morgan fingerprint density at radius 1 is 1.42 bits per heavy atom. The number of carbonyl (C=O) groups excluding carboxylic acids is 1. The molecule has 1 aliphatic rings. The Morgan fingerprint density at radius 3 is 2.71 bits per heavy atom. The van der Waals surface area contributed by atoms with E-state index >= 15 is 0 Å². The fraction of sp³-hybridized carbons (Fsp3) is 0.438. The molecule has 5 nitrogen and oxygen atoms in total. The Labute approximate surface area is 155 Å². The lowest BCUT2D eigenvalue weighted by atomic mass is 10.2. The molecule has 0 spiro atoms. The Bertz CT molecular complexity index is 703. The van der Waals surface area contributed by atoms with Crippen LogP contribution in [0, 0.1) is 6.92 Å². The lowest BCUT2D eigenvalue weighted by molar-refractivity contribution is -0.134. The van der Waals surface area contributed by atoms with Crippen LogP contribution in [0.15, 0.2) is 40.6 Å². The van der Waals surface area contributed by atoms with E-state index in [1.54, 1.807) is 34.0 Å². The van der Waals surface area contributed by atoms with Crippen molar-refractivity contribution in [2.45, 2.75) is 29.1 Å². The second-order valence-corrected chi connectivity index (χ2v) is 9.66. The first-order valence-corrected chi connectivity index (χ1v) is 10.8. The first kappa shape index (κ1) is 19.5. The van der Waals surface area contributed by atoms with Gasteiger partial charge in [0.15, 0.2) is 0 Å². The average Bonchev–Trinajstić information content (AvgIpc) is 2.93. The summed E-state index contributed by atoms with van der Waals surface area (Å²) in [4.78, 5) is 11.5. The summed E-state index contributed by atoms with van der Waals surface area (Å²) in [6.07, 6.45) is 2.08. The largest absolute Gasteiger partial charge is 0.466 e. The van der Waals surface area contributed by atoms with Crippen molar-refractivity contribution in [1.82, 2.24) is 4.31 Å². The van der Waals surface area contributed by atoms with Gasteiger partial charge in [0.05, 0.1) is 12.0 Å². The molecule has 2 atom stereocenters. The normalized spacial score (nSPS) is 22.1. The highest BCUT2D eigenvalue weighted by Gasteiger charge is 2.39. The smallest absolute Gasteiger partial charge is 0.330 e. The van der Waals surface area contributed by atoms with Crippen LogP contribution in [0.3, 0.4) is 0 Å². The number of aryl methyl sites for hydroxylation is 1. The number of halogens is 1. The van der Waals surface area contributed by atoms with Gasteiger partial charge in [-0.2, -0.15) is 4.31 Å². The van der Waals surface area contributed by atoms with Crippen LogP contribution in [0.4, 0.5) is 0 Å². The summed E-state index contributed by atoms with van der Waals surface area (Å²) < 4.78 is 31.9. The highest BCUT2D eigenvalue weighted by molar-refractivity contribution is 9.09. The van der Waals surface area contributed by atoms with Crippen molar-refractivity contribution in [3.8, 4) is 0 Å². The second kappa shape index (κ2) is 8.51. The van der Waals surface area contributed by atoms with E-state index in [1.165, 1.54) is 24.9 Å². The number of methoxy groups -OCH3 is 1. The van der Waals surface area contributed by atoms with Crippen molar-refractivity contribution in [2.75, 3.05) is 19.4 Å². The van der Waals surface area contributed by atoms with Crippen molar-refractivity contribution in [3.63, 3.8) is 0 Å². The molecule has 0 aliphatic carbocycles. The molecule has 0 aromatic heterocycles. The Balaban J connectivity index is 2.10. The van der Waals surface area contributed by atoms with E-state index in [1.807, 2.05) is 6.92 Å². The average molecular weight is 434 g/mol. The fourth-order valence-electron chi connectivity index (χ4n) is 2.46. The SMILES string of the molecule is COC(=O)/C=C\SC[C@@H]1CC(Br)CN1S(=O)(=O)c1ccc(C)cc1. The molecular formula is C16H20BrNO4S2. The molecular weight excluding hydrogens is 414 g/mol. The van der Waals surface area contributed by atoms with Crippen LogP contribution in [0.1, 0.15) is 12.0 Å². The Hall–Kier alpha value is -0.830. The number of esters is 1. The number of rotatable bonds is 6. The van der Waals surface area contributed by atoms with Crippen molar-refractivity contribution in [2.24, 2.45) is 0 Å². The number of hydrogen-bond acceptors (Lipinski definition) is 5. The first-order chi connectivity index (χ1) is 11.3. The van der Waals surface area contributed by atoms with Crippen LogP contribution in [0.2, 0.25) is 0 Å². The summed E-state index contributed by atoms with van der Waals surface area (Å²) >= 11 is 4.94. The van der Waals surface area contributed by atoms with Crippen molar-refractivity contribution in [3.05, 3.63) is 41.3 Å². The van der Waals surface area contributed by atoms with Crippen LogP contribution < -0.4 is 0 Å². The molecule has 1 heterocycles. The molecule has 1 unspecified atom stereocenters. The summed E-state index contributed by atoms with van der Waals surface area (Å²) in [7, 11) is -2.20. The Morgan fingerprint density at radius 2 is 2.08 bits per heavy atom. The number of alkyl halides is 1. The molecule has 1 aromatic rings. The van der Waals surface area contributed by atoms with Crippen LogP contribution in [-0.2, 0) is 19.6 Å². The van der Waals surface area contributed by atoms with Gasteiger partial charge in [-0.25, -0.2) is 13.2 Å². The zero-order valence-electron chi connectivity index (χ0n) is 13.5. The lowest BCUT2D eigenvalue weighted by Gasteiger charge is -2.23. The van der Waals surface area contributed by atoms with Gasteiger partial charge in [-0.1, -0.05) is 33.6 Å². The minimum Gasteiger partial charge on any atom is -0.466 e. The summed E-state index contributed by atoms with van der Waals surface area (Å²) in [6, 6.07) is 6.78. The van der Waals surface area contributed by atoms with Gasteiger partial charge >= 0.3 is 5.97 Å². The molecule has 0 saturated carbocycles. The molecule has 0 bridgehead atoms. The van der Waals surface area contributed by atoms with Crippen molar-refractivity contribution in [1.29, 1.82) is 0 Å². The fourth-order valence-corrected chi connectivity index (χ4v) is 6.03. The predicted octanol–water partition coefficient (Wildman–Crippen LogP) is 2.94. The molecule has 8 heteroatoms. The van der Waals surface area contributed by atoms with Gasteiger partial charge in [-0.05, 0) is 30.9 Å². The van der Waals surface area contributed by atoms with Crippen LogP contribution >= 0.6 is 27.7 Å². The minimum absolute atomic E-state index is 0.118. The number of thioether (sulfide) groups is 1. The number of sulfonamides is 1. The van der Waals surface area contributed by atoms with Gasteiger partial charge in [0, 0.05) is 29.2 Å². The van der Waals surface area contributed by atoms with Gasteiger partial charge in [-0.15, -0.1) is 11.8 Å². The van der Waals surface area contributed by atoms with E-state index in [0.29, 0.717) is 17.2 Å². The monoisotopic (exact) mass is 433 g/mol. The van der Waals surface area contributed by atoms with Crippen LogP contribution in [0.5, 0.6) is 0 Å². The maximum absolute atomic E-state index is 12.9. The van der Waals surface area contributed by atoms with E-state index in [-0.39, 0.29) is 10.9 Å². The summed E-state index contributed by atoms with van der Waals surface area (Å²) in [5, 5.41) is 1.64.